The van der Waals surface area contributed by atoms with Crippen LogP contribution < -0.4 is 0 Å². The molecule has 0 fully saturated rings. The van der Waals surface area contributed by atoms with Crippen molar-refractivity contribution in [3.8, 4) is 12.3 Å². The van der Waals surface area contributed by atoms with Crippen LogP contribution in [0.25, 0.3) is 0 Å². The van der Waals surface area contributed by atoms with Crippen molar-refractivity contribution in [3.63, 3.8) is 0 Å². The molecule has 0 saturated carbocycles. The monoisotopic (exact) mass is 259 g/mol. The van der Waals surface area contributed by atoms with Crippen LogP contribution >= 0.6 is 8.53 Å². The fourth-order valence-electron chi connectivity index (χ4n) is 1.50. The van der Waals surface area contributed by atoms with Crippen LogP contribution in [0, 0.1) is 12.3 Å². The van der Waals surface area contributed by atoms with E-state index in [2.05, 4.69) is 45.2 Å². The molecule has 17 heavy (non-hydrogen) atoms. The fraction of sp³-hybridized carbons (Fsp3) is 0.846. The molecule has 0 saturated heterocycles. The highest BCUT2D eigenvalue weighted by atomic mass is 31.2. The summed E-state index contributed by atoms with van der Waals surface area (Å²) >= 11 is 0. The summed E-state index contributed by atoms with van der Waals surface area (Å²) in [6.07, 6.45) is 6.87. The third-order valence-corrected chi connectivity index (χ3v) is 4.21. The van der Waals surface area contributed by atoms with E-state index in [1.54, 1.807) is 0 Å². The maximum Gasteiger partial charge on any atom is 0.259 e. The lowest BCUT2D eigenvalue weighted by molar-refractivity contribution is 0.176. The van der Waals surface area contributed by atoms with Crippen molar-refractivity contribution in [2.24, 2.45) is 0 Å². The van der Waals surface area contributed by atoms with Gasteiger partial charge in [-0.05, 0) is 34.1 Å². The van der Waals surface area contributed by atoms with Crippen molar-refractivity contribution in [3.05, 3.63) is 0 Å². The van der Waals surface area contributed by atoms with E-state index in [9.17, 15) is 0 Å². The van der Waals surface area contributed by atoms with Crippen LogP contribution in [0.4, 0.5) is 0 Å². The average molecular weight is 259 g/mol. The van der Waals surface area contributed by atoms with Gasteiger partial charge in [0.25, 0.3) is 8.53 Å². The molecule has 100 valence electrons. The lowest BCUT2D eigenvalue weighted by atomic mass is 10.3. The Morgan fingerprint density at radius 1 is 1.12 bits per heavy atom. The molecule has 0 amide bonds. The number of hydrogen-bond donors (Lipinski definition) is 0. The molecule has 0 bridgehead atoms. The van der Waals surface area contributed by atoms with Gasteiger partial charge in [0.05, 0.1) is 13.2 Å². The van der Waals surface area contributed by atoms with Gasteiger partial charge < -0.3 is 9.05 Å². The molecule has 0 aliphatic rings. The second-order valence-corrected chi connectivity index (χ2v) is 5.88. The summed E-state index contributed by atoms with van der Waals surface area (Å²) in [5, 5.41) is 0. The van der Waals surface area contributed by atoms with Gasteiger partial charge in [0.1, 0.15) is 0 Å². The quantitative estimate of drug-likeness (QED) is 0.357. The summed E-state index contributed by atoms with van der Waals surface area (Å²) in [6, 6.07) is 0.813. The van der Waals surface area contributed by atoms with Gasteiger partial charge in [0.2, 0.25) is 0 Å². The Morgan fingerprint density at radius 2 is 1.65 bits per heavy atom. The SMILES string of the molecule is C#CCCOP(OCCC)N(C(C)C)C(C)C. The van der Waals surface area contributed by atoms with Crippen LogP contribution in [-0.4, -0.2) is 30.0 Å². The molecule has 3 nitrogen and oxygen atoms in total. The number of hydrogen-bond acceptors (Lipinski definition) is 3. The highest BCUT2D eigenvalue weighted by Gasteiger charge is 2.26. The van der Waals surface area contributed by atoms with Crippen LogP contribution in [-0.2, 0) is 9.05 Å². The van der Waals surface area contributed by atoms with Crippen molar-refractivity contribution in [1.29, 1.82) is 0 Å². The topological polar surface area (TPSA) is 21.7 Å². The first-order valence-electron chi connectivity index (χ1n) is 6.32. The molecule has 1 unspecified atom stereocenters. The molecule has 0 aromatic carbocycles. The number of terminal acetylenes is 1. The summed E-state index contributed by atoms with van der Waals surface area (Å²) in [5.41, 5.74) is 0. The van der Waals surface area contributed by atoms with Crippen molar-refractivity contribution >= 4 is 8.53 Å². The van der Waals surface area contributed by atoms with E-state index in [0.717, 1.165) is 13.0 Å². The highest BCUT2D eigenvalue weighted by Crippen LogP contribution is 2.45. The Bertz CT molecular complexity index is 218. The van der Waals surface area contributed by atoms with Crippen molar-refractivity contribution in [2.45, 2.75) is 59.5 Å². The van der Waals surface area contributed by atoms with Gasteiger partial charge in [0, 0.05) is 18.5 Å². The van der Waals surface area contributed by atoms with E-state index in [1.807, 2.05) is 0 Å². The lowest BCUT2D eigenvalue weighted by Gasteiger charge is -2.35. The van der Waals surface area contributed by atoms with Crippen molar-refractivity contribution in [2.75, 3.05) is 13.2 Å². The smallest absolute Gasteiger partial charge is 0.259 e. The Morgan fingerprint density at radius 3 is 2.06 bits per heavy atom. The van der Waals surface area contributed by atoms with Gasteiger partial charge in [-0.1, -0.05) is 6.92 Å². The predicted octanol–water partition coefficient (Wildman–Crippen LogP) is 3.80. The number of rotatable bonds is 9. The van der Waals surface area contributed by atoms with Crippen molar-refractivity contribution < 1.29 is 9.05 Å². The second kappa shape index (κ2) is 9.85. The molecule has 0 N–H and O–H groups in total. The summed E-state index contributed by atoms with van der Waals surface area (Å²) in [5.74, 6) is 2.59. The summed E-state index contributed by atoms with van der Waals surface area (Å²) in [4.78, 5) is 0. The number of nitrogens with zero attached hydrogens (tertiary/aromatic N) is 1. The predicted molar refractivity (Wildman–Crippen MR) is 74.7 cm³/mol. The third kappa shape index (κ3) is 7.01. The molecule has 0 aliphatic heterocycles. The molecule has 0 spiro atoms. The zero-order chi connectivity index (χ0) is 13.3. The Labute approximate surface area is 108 Å². The molecule has 0 rings (SSSR count). The summed E-state index contributed by atoms with van der Waals surface area (Å²) in [6.45, 7) is 12.1. The molecule has 0 radical (unpaired) electrons. The first-order chi connectivity index (χ1) is 8.04. The summed E-state index contributed by atoms with van der Waals surface area (Å²) < 4.78 is 13.9. The van der Waals surface area contributed by atoms with E-state index >= 15 is 0 Å². The van der Waals surface area contributed by atoms with Gasteiger partial charge in [0.15, 0.2) is 0 Å². The zero-order valence-corrected chi connectivity index (χ0v) is 12.7. The minimum atomic E-state index is -0.983. The van der Waals surface area contributed by atoms with Gasteiger partial charge in [-0.3, -0.25) is 0 Å². The van der Waals surface area contributed by atoms with Gasteiger partial charge in [-0.2, -0.15) is 0 Å². The van der Waals surface area contributed by atoms with Gasteiger partial charge in [-0.25, -0.2) is 4.67 Å². The Hall–Kier alpha value is -0.130. The molecule has 0 aromatic rings. The van der Waals surface area contributed by atoms with E-state index in [0.29, 0.717) is 25.1 Å². The second-order valence-electron chi connectivity index (χ2n) is 4.43. The minimum absolute atomic E-state index is 0.406. The van der Waals surface area contributed by atoms with Crippen LogP contribution in [0.2, 0.25) is 0 Å². The third-order valence-electron chi connectivity index (χ3n) is 2.10. The normalized spacial score (nSPS) is 13.4. The lowest BCUT2D eigenvalue weighted by Crippen LogP contribution is -2.33. The minimum Gasteiger partial charge on any atom is -0.322 e. The fourth-order valence-corrected chi connectivity index (χ4v) is 3.18. The summed E-state index contributed by atoms with van der Waals surface area (Å²) in [7, 11) is -0.983. The maximum atomic E-state index is 5.82. The Balaban J connectivity index is 4.44. The molecular formula is C13H26NO2P. The molecule has 0 heterocycles. The Kier molecular flexibility index (Phi) is 9.78. The van der Waals surface area contributed by atoms with Gasteiger partial charge >= 0.3 is 0 Å². The van der Waals surface area contributed by atoms with E-state index < -0.39 is 8.53 Å². The average Bonchev–Trinajstić information content (AvgIpc) is 2.24. The van der Waals surface area contributed by atoms with Crippen molar-refractivity contribution in [1.82, 2.24) is 4.67 Å². The molecular weight excluding hydrogens is 233 g/mol. The van der Waals surface area contributed by atoms with Crippen LogP contribution in [0.5, 0.6) is 0 Å². The molecule has 0 aliphatic carbocycles. The molecule has 4 heteroatoms. The molecule has 0 aromatic heterocycles. The standard InChI is InChI=1S/C13H26NO2P/c1-7-9-11-16-17(15-10-8-2)14(12(3)4)13(5)6/h1,12-13H,8-11H2,2-6H3. The van der Waals surface area contributed by atoms with E-state index in [-0.39, 0.29) is 0 Å². The zero-order valence-electron chi connectivity index (χ0n) is 11.8. The molecule has 1 atom stereocenters. The largest absolute Gasteiger partial charge is 0.322 e. The van der Waals surface area contributed by atoms with Gasteiger partial charge in [-0.15, -0.1) is 12.3 Å². The van der Waals surface area contributed by atoms with E-state index in [4.69, 9.17) is 15.5 Å². The van der Waals surface area contributed by atoms with E-state index in [1.165, 1.54) is 0 Å². The highest BCUT2D eigenvalue weighted by molar-refractivity contribution is 7.44. The first-order valence-corrected chi connectivity index (χ1v) is 7.45. The van der Waals surface area contributed by atoms with Crippen LogP contribution in [0.15, 0.2) is 0 Å². The maximum absolute atomic E-state index is 5.82. The van der Waals surface area contributed by atoms with Crippen LogP contribution in [0.3, 0.4) is 0 Å². The first kappa shape index (κ1) is 16.9. The van der Waals surface area contributed by atoms with Crippen LogP contribution in [0.1, 0.15) is 47.5 Å².